The molecule has 0 atom stereocenters. The lowest BCUT2D eigenvalue weighted by Gasteiger charge is -2.32. The summed E-state index contributed by atoms with van der Waals surface area (Å²) < 4.78 is 1.48. The van der Waals surface area contributed by atoms with E-state index in [-0.39, 0.29) is 5.69 Å². The third-order valence-corrected chi connectivity index (χ3v) is 4.76. The molecular formula is C18H22N6O. The highest BCUT2D eigenvalue weighted by Crippen LogP contribution is 2.18. The Morgan fingerprint density at radius 2 is 2.00 bits per heavy atom. The van der Waals surface area contributed by atoms with Gasteiger partial charge in [-0.3, -0.25) is 4.90 Å². The summed E-state index contributed by atoms with van der Waals surface area (Å²) in [7, 11) is 0. The standard InChI is InChI=1S/C18H22N6O/c1-13-19-16(11-17-21-22-18(25)24(13)17)20-15-7-9-23(10-8-15)12-14-5-3-2-4-6-14/h2-6,11,15,20H,7-10,12H2,1H3,(H,22,25). The van der Waals surface area contributed by atoms with Gasteiger partial charge in [-0.2, -0.15) is 5.10 Å². The molecule has 0 aliphatic carbocycles. The number of fused-ring (bicyclic) bond motifs is 1. The van der Waals surface area contributed by atoms with Gasteiger partial charge in [0.1, 0.15) is 11.6 Å². The normalized spacial score (nSPS) is 16.4. The second-order valence-corrected chi connectivity index (χ2v) is 6.59. The number of H-pyrrole nitrogens is 1. The molecule has 2 aromatic heterocycles. The van der Waals surface area contributed by atoms with Crippen LogP contribution in [-0.2, 0) is 6.54 Å². The van der Waals surface area contributed by atoms with E-state index in [2.05, 4.69) is 55.7 Å². The van der Waals surface area contributed by atoms with Gasteiger partial charge in [-0.25, -0.2) is 19.3 Å². The number of rotatable bonds is 4. The molecule has 0 unspecified atom stereocenters. The van der Waals surface area contributed by atoms with Crippen molar-refractivity contribution in [3.05, 3.63) is 58.3 Å². The Bertz CT molecular complexity index is 908. The lowest BCUT2D eigenvalue weighted by Crippen LogP contribution is -2.38. The second kappa shape index (κ2) is 6.68. The summed E-state index contributed by atoms with van der Waals surface area (Å²) in [6, 6.07) is 12.8. The Hall–Kier alpha value is -2.67. The summed E-state index contributed by atoms with van der Waals surface area (Å²) in [5.41, 5.74) is 1.71. The summed E-state index contributed by atoms with van der Waals surface area (Å²) in [6.07, 6.45) is 2.15. The topological polar surface area (TPSA) is 78.3 Å². The number of hydrogen-bond donors (Lipinski definition) is 2. The number of piperidine rings is 1. The van der Waals surface area contributed by atoms with Crippen LogP contribution in [0.3, 0.4) is 0 Å². The van der Waals surface area contributed by atoms with E-state index in [1.165, 1.54) is 9.96 Å². The van der Waals surface area contributed by atoms with Crippen LogP contribution in [0.2, 0.25) is 0 Å². The van der Waals surface area contributed by atoms with Gasteiger partial charge < -0.3 is 5.32 Å². The van der Waals surface area contributed by atoms with Gasteiger partial charge in [0.05, 0.1) is 0 Å². The van der Waals surface area contributed by atoms with Crippen molar-refractivity contribution in [3.63, 3.8) is 0 Å². The highest BCUT2D eigenvalue weighted by molar-refractivity contribution is 5.50. The van der Waals surface area contributed by atoms with Gasteiger partial charge >= 0.3 is 5.69 Å². The van der Waals surface area contributed by atoms with Crippen molar-refractivity contribution in [2.45, 2.75) is 32.4 Å². The molecule has 0 amide bonds. The Balaban J connectivity index is 1.38. The summed E-state index contributed by atoms with van der Waals surface area (Å²) in [5.74, 6) is 1.42. The van der Waals surface area contributed by atoms with Crippen LogP contribution in [0.15, 0.2) is 41.2 Å². The van der Waals surface area contributed by atoms with Crippen LogP contribution in [-0.4, -0.2) is 43.6 Å². The molecule has 1 saturated heterocycles. The lowest BCUT2D eigenvalue weighted by atomic mass is 10.0. The van der Waals surface area contributed by atoms with Gasteiger partial charge in [-0.1, -0.05) is 30.3 Å². The molecule has 130 valence electrons. The van der Waals surface area contributed by atoms with Crippen LogP contribution >= 0.6 is 0 Å². The summed E-state index contributed by atoms with van der Waals surface area (Å²) in [4.78, 5) is 18.6. The first-order chi connectivity index (χ1) is 12.2. The number of hydrogen-bond acceptors (Lipinski definition) is 5. The molecule has 7 heteroatoms. The van der Waals surface area contributed by atoms with Crippen LogP contribution in [0.4, 0.5) is 5.82 Å². The molecule has 25 heavy (non-hydrogen) atoms. The number of aromatic amines is 1. The minimum Gasteiger partial charge on any atom is -0.367 e. The van der Waals surface area contributed by atoms with Gasteiger partial charge in [-0.15, -0.1) is 0 Å². The lowest BCUT2D eigenvalue weighted by molar-refractivity contribution is 0.211. The number of benzene rings is 1. The van der Waals surface area contributed by atoms with E-state index in [1.807, 2.05) is 13.0 Å². The molecule has 0 spiro atoms. The smallest absolute Gasteiger partial charge is 0.349 e. The quantitative estimate of drug-likeness (QED) is 0.758. The zero-order valence-electron chi connectivity index (χ0n) is 14.3. The maximum Gasteiger partial charge on any atom is 0.349 e. The molecule has 0 saturated carbocycles. The van der Waals surface area contributed by atoms with E-state index in [0.29, 0.717) is 17.5 Å². The number of aryl methyl sites for hydroxylation is 1. The molecule has 7 nitrogen and oxygen atoms in total. The van der Waals surface area contributed by atoms with E-state index in [4.69, 9.17) is 0 Å². The molecule has 1 aliphatic heterocycles. The van der Waals surface area contributed by atoms with Crippen LogP contribution in [0, 0.1) is 6.92 Å². The van der Waals surface area contributed by atoms with Crippen molar-refractivity contribution in [1.29, 1.82) is 0 Å². The first kappa shape index (κ1) is 15.8. The van der Waals surface area contributed by atoms with Gasteiger partial charge in [-0.05, 0) is 25.3 Å². The SMILES string of the molecule is Cc1nc(NC2CCN(Cc3ccccc3)CC2)cc2n[nH]c(=O)n12. The number of anilines is 1. The first-order valence-corrected chi connectivity index (χ1v) is 8.66. The fourth-order valence-electron chi connectivity index (χ4n) is 3.46. The van der Waals surface area contributed by atoms with Crippen LogP contribution in [0.25, 0.3) is 5.65 Å². The highest BCUT2D eigenvalue weighted by Gasteiger charge is 2.20. The molecular weight excluding hydrogens is 316 g/mol. The Morgan fingerprint density at radius 1 is 1.24 bits per heavy atom. The number of aromatic nitrogens is 4. The van der Waals surface area contributed by atoms with Crippen molar-refractivity contribution in [3.8, 4) is 0 Å². The molecule has 0 radical (unpaired) electrons. The predicted octanol–water partition coefficient (Wildman–Crippen LogP) is 1.80. The third kappa shape index (κ3) is 3.41. The largest absolute Gasteiger partial charge is 0.367 e. The molecule has 0 bridgehead atoms. The maximum atomic E-state index is 11.7. The monoisotopic (exact) mass is 338 g/mol. The zero-order valence-corrected chi connectivity index (χ0v) is 14.3. The Morgan fingerprint density at radius 3 is 2.76 bits per heavy atom. The molecule has 3 heterocycles. The maximum absolute atomic E-state index is 11.7. The number of nitrogens with zero attached hydrogens (tertiary/aromatic N) is 4. The minimum atomic E-state index is -0.249. The molecule has 4 rings (SSSR count). The summed E-state index contributed by atoms with van der Waals surface area (Å²) >= 11 is 0. The van der Waals surface area contributed by atoms with Crippen LogP contribution in [0.5, 0.6) is 0 Å². The van der Waals surface area contributed by atoms with Crippen molar-refractivity contribution in [2.75, 3.05) is 18.4 Å². The third-order valence-electron chi connectivity index (χ3n) is 4.76. The van der Waals surface area contributed by atoms with E-state index in [9.17, 15) is 4.79 Å². The fourth-order valence-corrected chi connectivity index (χ4v) is 3.46. The van der Waals surface area contributed by atoms with Crippen LogP contribution < -0.4 is 11.0 Å². The molecule has 1 aromatic carbocycles. The average molecular weight is 338 g/mol. The van der Waals surface area contributed by atoms with Crippen molar-refractivity contribution in [2.24, 2.45) is 0 Å². The summed E-state index contributed by atoms with van der Waals surface area (Å²) in [6.45, 7) is 4.95. The predicted molar refractivity (Wildman–Crippen MR) is 96.7 cm³/mol. The van der Waals surface area contributed by atoms with Gasteiger partial charge in [0.2, 0.25) is 0 Å². The van der Waals surface area contributed by atoms with Gasteiger partial charge in [0.25, 0.3) is 0 Å². The van der Waals surface area contributed by atoms with E-state index in [1.54, 1.807) is 0 Å². The Labute approximate surface area is 145 Å². The fraction of sp³-hybridized carbons (Fsp3) is 0.389. The van der Waals surface area contributed by atoms with Crippen molar-refractivity contribution in [1.82, 2.24) is 24.5 Å². The highest BCUT2D eigenvalue weighted by atomic mass is 16.1. The molecule has 2 N–H and O–H groups in total. The van der Waals surface area contributed by atoms with Gasteiger partial charge in [0.15, 0.2) is 5.65 Å². The number of nitrogens with one attached hydrogen (secondary N) is 2. The van der Waals surface area contributed by atoms with E-state index in [0.717, 1.165) is 38.3 Å². The Kier molecular flexibility index (Phi) is 4.23. The average Bonchev–Trinajstić information content (AvgIpc) is 2.99. The van der Waals surface area contributed by atoms with Crippen molar-refractivity contribution >= 4 is 11.5 Å². The zero-order chi connectivity index (χ0) is 17.2. The van der Waals surface area contributed by atoms with E-state index < -0.39 is 0 Å². The molecule has 1 aliphatic rings. The van der Waals surface area contributed by atoms with E-state index >= 15 is 0 Å². The first-order valence-electron chi connectivity index (χ1n) is 8.66. The minimum absolute atomic E-state index is 0.249. The second-order valence-electron chi connectivity index (χ2n) is 6.59. The van der Waals surface area contributed by atoms with Gasteiger partial charge in [0, 0.05) is 31.7 Å². The van der Waals surface area contributed by atoms with Crippen LogP contribution in [0.1, 0.15) is 24.2 Å². The summed E-state index contributed by atoms with van der Waals surface area (Å²) in [5, 5.41) is 9.99. The van der Waals surface area contributed by atoms with Crippen molar-refractivity contribution < 1.29 is 0 Å². The number of likely N-dealkylation sites (tertiary alicyclic amines) is 1. The molecule has 1 fully saturated rings. The molecule has 3 aromatic rings.